The molecule has 0 radical (unpaired) electrons. The molecule has 4 nitrogen and oxygen atoms in total. The van der Waals surface area contributed by atoms with E-state index in [1.807, 2.05) is 32.0 Å². The fourth-order valence-corrected chi connectivity index (χ4v) is 4.86. The van der Waals surface area contributed by atoms with Crippen molar-refractivity contribution in [2.24, 2.45) is 0 Å². The van der Waals surface area contributed by atoms with Crippen LogP contribution in [0.2, 0.25) is 15.1 Å². The second-order valence-electron chi connectivity index (χ2n) is 6.62. The van der Waals surface area contributed by atoms with Gasteiger partial charge in [-0.25, -0.2) is 0 Å². The molecule has 0 saturated carbocycles. The fraction of sp³-hybridized carbons (Fsp3) is 0.364. The summed E-state index contributed by atoms with van der Waals surface area (Å²) in [6.07, 6.45) is 0.503. The second-order valence-corrected chi connectivity index (χ2v) is 8.83. The lowest BCUT2D eigenvalue weighted by molar-refractivity contribution is -0.139. The maximum absolute atomic E-state index is 13.1. The van der Waals surface area contributed by atoms with Crippen LogP contribution >= 0.6 is 46.6 Å². The molecular formula is C22H25Cl3N2O2S. The molecule has 0 fully saturated rings. The largest absolute Gasteiger partial charge is 0.355 e. The average Bonchev–Trinajstić information content (AvgIpc) is 2.71. The average molecular weight is 488 g/mol. The molecule has 2 aromatic rings. The lowest BCUT2D eigenvalue weighted by Crippen LogP contribution is -2.49. The normalized spacial score (nSPS) is 11.8. The number of likely N-dealkylation sites (N-methyl/N-ethyl adjacent to an activating group) is 1. The first kappa shape index (κ1) is 24.9. The minimum absolute atomic E-state index is 0.138. The quantitative estimate of drug-likeness (QED) is 0.459. The van der Waals surface area contributed by atoms with Crippen LogP contribution in [0.5, 0.6) is 0 Å². The molecule has 2 aromatic carbocycles. The Kier molecular flexibility index (Phi) is 10.3. The van der Waals surface area contributed by atoms with Gasteiger partial charge in [0.25, 0.3) is 0 Å². The van der Waals surface area contributed by atoms with Crippen LogP contribution in [0.3, 0.4) is 0 Å². The molecule has 162 valence electrons. The first-order valence-corrected chi connectivity index (χ1v) is 12.0. The van der Waals surface area contributed by atoms with E-state index < -0.39 is 6.04 Å². The second kappa shape index (κ2) is 12.5. The number of halogens is 3. The zero-order valence-corrected chi connectivity index (χ0v) is 20.0. The molecule has 0 spiro atoms. The summed E-state index contributed by atoms with van der Waals surface area (Å²) in [5.74, 6) is 0.394. The summed E-state index contributed by atoms with van der Waals surface area (Å²) in [7, 11) is 0. The molecule has 1 atom stereocenters. The number of hydrogen-bond donors (Lipinski definition) is 1. The molecule has 0 heterocycles. The third-order valence-electron chi connectivity index (χ3n) is 4.57. The molecule has 0 saturated heterocycles. The molecule has 0 aliphatic rings. The van der Waals surface area contributed by atoms with Gasteiger partial charge in [-0.2, -0.15) is 0 Å². The number of rotatable bonds is 10. The van der Waals surface area contributed by atoms with Crippen molar-refractivity contribution in [3.63, 3.8) is 0 Å². The number of benzene rings is 2. The van der Waals surface area contributed by atoms with Crippen LogP contribution < -0.4 is 5.32 Å². The maximum Gasteiger partial charge on any atom is 0.242 e. The lowest BCUT2D eigenvalue weighted by atomic mass is 10.1. The number of carbonyl (C=O) groups is 2. The Balaban J connectivity index is 2.16. The first-order chi connectivity index (χ1) is 14.4. The molecule has 2 amide bonds. The van der Waals surface area contributed by atoms with E-state index in [0.29, 0.717) is 33.8 Å². The van der Waals surface area contributed by atoms with Crippen LogP contribution in [0, 0.1) is 0 Å². The molecule has 0 unspecified atom stereocenters. The van der Waals surface area contributed by atoms with Crippen molar-refractivity contribution >= 4 is 58.4 Å². The van der Waals surface area contributed by atoms with Crippen molar-refractivity contribution in [1.29, 1.82) is 0 Å². The van der Waals surface area contributed by atoms with E-state index in [-0.39, 0.29) is 24.1 Å². The van der Waals surface area contributed by atoms with Gasteiger partial charge in [-0.15, -0.1) is 11.8 Å². The highest BCUT2D eigenvalue weighted by atomic mass is 35.5. The Bertz CT molecular complexity index is 859. The first-order valence-electron chi connectivity index (χ1n) is 9.70. The maximum atomic E-state index is 13.1. The molecule has 1 N–H and O–H groups in total. The molecular weight excluding hydrogens is 463 g/mol. The van der Waals surface area contributed by atoms with Gasteiger partial charge in [-0.1, -0.05) is 66.0 Å². The van der Waals surface area contributed by atoms with Crippen LogP contribution in [-0.4, -0.2) is 35.1 Å². The van der Waals surface area contributed by atoms with Gasteiger partial charge in [0.1, 0.15) is 6.04 Å². The fourth-order valence-electron chi connectivity index (χ4n) is 3.02. The molecule has 0 aliphatic carbocycles. The van der Waals surface area contributed by atoms with Crippen molar-refractivity contribution in [3.8, 4) is 0 Å². The zero-order chi connectivity index (χ0) is 22.1. The van der Waals surface area contributed by atoms with Gasteiger partial charge in [0.2, 0.25) is 11.8 Å². The van der Waals surface area contributed by atoms with E-state index >= 15 is 0 Å². The van der Waals surface area contributed by atoms with E-state index in [9.17, 15) is 9.59 Å². The SMILES string of the molecule is CCNC(=O)[C@H](CC)N(Cc1ccccc1Cl)C(=O)CSCc1c(Cl)cccc1Cl. The number of carbonyl (C=O) groups excluding carboxylic acids is 2. The summed E-state index contributed by atoms with van der Waals surface area (Å²) >= 11 is 20.2. The van der Waals surface area contributed by atoms with Gasteiger partial charge in [0.15, 0.2) is 0 Å². The molecule has 0 aromatic heterocycles. The Labute approximate surface area is 197 Å². The Morgan fingerprint density at radius 2 is 1.63 bits per heavy atom. The summed E-state index contributed by atoms with van der Waals surface area (Å²) in [4.78, 5) is 27.3. The molecule has 30 heavy (non-hydrogen) atoms. The highest BCUT2D eigenvalue weighted by Crippen LogP contribution is 2.28. The predicted molar refractivity (Wildman–Crippen MR) is 127 cm³/mol. The summed E-state index contributed by atoms with van der Waals surface area (Å²) in [5.41, 5.74) is 1.60. The predicted octanol–water partition coefficient (Wildman–Crippen LogP) is 5.82. The standard InChI is InChI=1S/C22H25Cl3N2O2S/c1-3-20(22(29)26-4-2)27(12-15-8-5-6-9-17(15)23)21(28)14-30-13-16-18(24)10-7-11-19(16)25/h5-11,20H,3-4,12-14H2,1-2H3,(H,26,29)/t20-/m0/s1. The van der Waals surface area contributed by atoms with Gasteiger partial charge in [-0.05, 0) is 42.7 Å². The van der Waals surface area contributed by atoms with Crippen molar-refractivity contribution in [2.45, 2.75) is 38.6 Å². The number of thioether (sulfide) groups is 1. The molecule has 2 rings (SSSR count). The Morgan fingerprint density at radius 1 is 1.00 bits per heavy atom. The van der Waals surface area contributed by atoms with E-state index in [4.69, 9.17) is 34.8 Å². The van der Waals surface area contributed by atoms with Gasteiger partial charge in [0.05, 0.1) is 5.75 Å². The summed E-state index contributed by atoms with van der Waals surface area (Å²) < 4.78 is 0. The van der Waals surface area contributed by atoms with Crippen LogP contribution in [-0.2, 0) is 21.9 Å². The minimum Gasteiger partial charge on any atom is -0.355 e. The van der Waals surface area contributed by atoms with Crippen LogP contribution in [0.4, 0.5) is 0 Å². The highest BCUT2D eigenvalue weighted by Gasteiger charge is 2.28. The van der Waals surface area contributed by atoms with Gasteiger partial charge in [0, 0.05) is 33.9 Å². The Morgan fingerprint density at radius 3 is 2.23 bits per heavy atom. The monoisotopic (exact) mass is 486 g/mol. The number of nitrogens with zero attached hydrogens (tertiary/aromatic N) is 1. The summed E-state index contributed by atoms with van der Waals surface area (Å²) in [6, 6.07) is 12.1. The molecule has 0 aliphatic heterocycles. The van der Waals surface area contributed by atoms with Crippen LogP contribution in [0.1, 0.15) is 31.4 Å². The van der Waals surface area contributed by atoms with Crippen molar-refractivity contribution in [3.05, 3.63) is 68.7 Å². The minimum atomic E-state index is -0.571. The number of amides is 2. The number of nitrogens with one attached hydrogen (secondary N) is 1. The van der Waals surface area contributed by atoms with Crippen molar-refractivity contribution in [1.82, 2.24) is 10.2 Å². The zero-order valence-electron chi connectivity index (χ0n) is 17.0. The molecule has 0 bridgehead atoms. The van der Waals surface area contributed by atoms with E-state index in [2.05, 4.69) is 5.32 Å². The summed E-state index contributed by atoms with van der Waals surface area (Å²) in [5, 5.41) is 4.53. The van der Waals surface area contributed by atoms with Gasteiger partial charge in [-0.3, -0.25) is 9.59 Å². The summed E-state index contributed by atoms with van der Waals surface area (Å²) in [6.45, 7) is 4.52. The number of hydrogen-bond acceptors (Lipinski definition) is 3. The third kappa shape index (κ3) is 6.81. The van der Waals surface area contributed by atoms with Crippen LogP contribution in [0.25, 0.3) is 0 Å². The van der Waals surface area contributed by atoms with Crippen LogP contribution in [0.15, 0.2) is 42.5 Å². The smallest absolute Gasteiger partial charge is 0.242 e. The van der Waals surface area contributed by atoms with Crippen molar-refractivity contribution < 1.29 is 9.59 Å². The van der Waals surface area contributed by atoms with Gasteiger partial charge >= 0.3 is 0 Å². The van der Waals surface area contributed by atoms with E-state index in [1.165, 1.54) is 11.8 Å². The van der Waals surface area contributed by atoms with Gasteiger partial charge < -0.3 is 10.2 Å². The third-order valence-corrected chi connectivity index (χ3v) is 6.59. The molecule has 8 heteroatoms. The topological polar surface area (TPSA) is 49.4 Å². The highest BCUT2D eigenvalue weighted by molar-refractivity contribution is 7.99. The van der Waals surface area contributed by atoms with E-state index in [0.717, 1.165) is 11.1 Å². The van der Waals surface area contributed by atoms with E-state index in [1.54, 1.807) is 29.2 Å². The van der Waals surface area contributed by atoms with Crippen molar-refractivity contribution in [2.75, 3.05) is 12.3 Å². The Hall–Kier alpha value is -1.40. The lowest BCUT2D eigenvalue weighted by Gasteiger charge is -2.30.